The summed E-state index contributed by atoms with van der Waals surface area (Å²) in [4.78, 5) is 2.20. The van der Waals surface area contributed by atoms with Gasteiger partial charge in [-0.2, -0.15) is 0 Å². The van der Waals surface area contributed by atoms with Crippen molar-refractivity contribution >= 4 is 40.3 Å². The first-order valence-electron chi connectivity index (χ1n) is 8.62. The maximum Gasteiger partial charge on any atom is 0.164 e. The molecular weight excluding hydrogens is 361 g/mol. The van der Waals surface area contributed by atoms with E-state index in [1.54, 1.807) is 0 Å². The van der Waals surface area contributed by atoms with Crippen LogP contribution in [-0.4, -0.2) is 0 Å². The molecule has 4 rings (SSSR count). The maximum absolute atomic E-state index is 6.66. The average Bonchev–Trinajstić information content (AvgIpc) is 2.84. The molecule has 1 aliphatic carbocycles. The lowest BCUT2D eigenvalue weighted by atomic mass is 10.0. The van der Waals surface area contributed by atoms with E-state index < -0.39 is 4.33 Å². The maximum atomic E-state index is 6.66. The molecule has 1 unspecified atom stereocenters. The number of fused-ring (bicyclic) bond motifs is 1. The molecule has 130 valence electrons. The molecule has 3 aromatic rings. The smallest absolute Gasteiger partial charge is 0.164 e. The summed E-state index contributed by atoms with van der Waals surface area (Å²) in [5.41, 5.74) is 6.08. The van der Waals surface area contributed by atoms with E-state index in [9.17, 15) is 0 Å². The zero-order valence-electron chi connectivity index (χ0n) is 14.5. The zero-order valence-corrected chi connectivity index (χ0v) is 16.0. The minimum absolute atomic E-state index is 0.149. The van der Waals surface area contributed by atoms with E-state index in [-0.39, 0.29) is 5.92 Å². The summed E-state index contributed by atoms with van der Waals surface area (Å²) in [6.45, 7) is 6.21. The lowest BCUT2D eigenvalue weighted by Gasteiger charge is -2.26. The Morgan fingerprint density at radius 3 is 1.88 bits per heavy atom. The van der Waals surface area contributed by atoms with Crippen LogP contribution in [-0.2, 0) is 4.33 Å². The summed E-state index contributed by atoms with van der Waals surface area (Å²) in [6, 6.07) is 26.9. The predicted molar refractivity (Wildman–Crippen MR) is 112 cm³/mol. The highest BCUT2D eigenvalue weighted by Gasteiger charge is 2.43. The standard InChI is InChI=1S/C23H19Cl2N/c1-16-17(2)23(24,25)22-15-20(13-14-21(16)22)26(18-9-5-3-6-10-18)19-11-7-4-8-12-19/h3-16H,2H2,1H3. The average molecular weight is 380 g/mol. The summed E-state index contributed by atoms with van der Waals surface area (Å²) in [5, 5.41) is 0. The van der Waals surface area contributed by atoms with Crippen LogP contribution >= 0.6 is 23.2 Å². The van der Waals surface area contributed by atoms with Gasteiger partial charge < -0.3 is 4.90 Å². The Morgan fingerprint density at radius 1 is 0.808 bits per heavy atom. The van der Waals surface area contributed by atoms with Crippen LogP contribution in [0.4, 0.5) is 17.1 Å². The summed E-state index contributed by atoms with van der Waals surface area (Å²) < 4.78 is -1.05. The van der Waals surface area contributed by atoms with Crippen LogP contribution in [0.25, 0.3) is 0 Å². The van der Waals surface area contributed by atoms with Crippen LogP contribution in [0.5, 0.6) is 0 Å². The number of alkyl halides is 2. The quantitative estimate of drug-likeness (QED) is 0.337. The van der Waals surface area contributed by atoms with Crippen LogP contribution in [0.3, 0.4) is 0 Å². The van der Waals surface area contributed by atoms with Gasteiger partial charge in [0.1, 0.15) is 0 Å². The van der Waals surface area contributed by atoms with Gasteiger partial charge in [0, 0.05) is 23.0 Å². The number of para-hydroxylation sites is 2. The van der Waals surface area contributed by atoms with Crippen molar-refractivity contribution in [3.8, 4) is 0 Å². The molecule has 26 heavy (non-hydrogen) atoms. The molecule has 1 aliphatic rings. The third-order valence-corrected chi connectivity index (χ3v) is 5.95. The number of allylic oxidation sites excluding steroid dienone is 1. The first kappa shape index (κ1) is 17.2. The van der Waals surface area contributed by atoms with E-state index >= 15 is 0 Å². The molecule has 0 saturated carbocycles. The number of anilines is 3. The van der Waals surface area contributed by atoms with Crippen LogP contribution in [0.2, 0.25) is 0 Å². The fraction of sp³-hybridized carbons (Fsp3) is 0.130. The number of benzene rings is 3. The van der Waals surface area contributed by atoms with E-state index in [4.69, 9.17) is 23.2 Å². The first-order valence-corrected chi connectivity index (χ1v) is 9.37. The van der Waals surface area contributed by atoms with Gasteiger partial charge in [-0.15, -0.1) is 0 Å². The molecule has 0 amide bonds. The van der Waals surface area contributed by atoms with Gasteiger partial charge in [0.15, 0.2) is 4.33 Å². The number of rotatable bonds is 3. The number of halogens is 2. The fourth-order valence-electron chi connectivity index (χ4n) is 3.57. The van der Waals surface area contributed by atoms with Crippen molar-refractivity contribution in [1.29, 1.82) is 0 Å². The monoisotopic (exact) mass is 379 g/mol. The molecule has 0 bridgehead atoms. The molecule has 1 nitrogen and oxygen atoms in total. The molecule has 3 aromatic carbocycles. The minimum atomic E-state index is -1.05. The molecule has 0 aliphatic heterocycles. The van der Waals surface area contributed by atoms with Crippen LogP contribution in [0.15, 0.2) is 91.0 Å². The molecule has 1 atom stereocenters. The van der Waals surface area contributed by atoms with E-state index in [1.807, 2.05) is 36.4 Å². The summed E-state index contributed by atoms with van der Waals surface area (Å²) in [7, 11) is 0. The second kappa shape index (κ2) is 6.50. The fourth-order valence-corrected chi connectivity index (χ4v) is 4.22. The lowest BCUT2D eigenvalue weighted by molar-refractivity contribution is 0.899. The van der Waals surface area contributed by atoms with Gasteiger partial charge in [-0.1, -0.05) is 79.2 Å². The van der Waals surface area contributed by atoms with Gasteiger partial charge in [0.05, 0.1) is 0 Å². The Morgan fingerprint density at radius 2 is 1.35 bits per heavy atom. The summed E-state index contributed by atoms with van der Waals surface area (Å²) in [5.74, 6) is 0.149. The van der Waals surface area contributed by atoms with Crippen molar-refractivity contribution in [2.75, 3.05) is 4.90 Å². The van der Waals surface area contributed by atoms with E-state index in [0.717, 1.165) is 33.8 Å². The van der Waals surface area contributed by atoms with Gasteiger partial charge in [0.25, 0.3) is 0 Å². The van der Waals surface area contributed by atoms with Crippen LogP contribution in [0.1, 0.15) is 24.0 Å². The third kappa shape index (κ3) is 2.72. The predicted octanol–water partition coefficient (Wildman–Crippen LogP) is 7.46. The van der Waals surface area contributed by atoms with Gasteiger partial charge >= 0.3 is 0 Å². The Kier molecular flexibility index (Phi) is 4.30. The second-order valence-corrected chi connectivity index (χ2v) is 7.93. The second-order valence-electron chi connectivity index (χ2n) is 6.60. The third-order valence-electron chi connectivity index (χ3n) is 5.05. The van der Waals surface area contributed by atoms with Gasteiger partial charge in [-0.25, -0.2) is 0 Å². The lowest BCUT2D eigenvalue weighted by Crippen LogP contribution is -2.12. The number of hydrogen-bond acceptors (Lipinski definition) is 1. The van der Waals surface area contributed by atoms with Crippen molar-refractivity contribution in [1.82, 2.24) is 0 Å². The highest BCUT2D eigenvalue weighted by Crippen LogP contribution is 2.55. The van der Waals surface area contributed by atoms with Crippen molar-refractivity contribution in [2.45, 2.75) is 17.2 Å². The molecule has 0 aromatic heterocycles. The summed E-state index contributed by atoms with van der Waals surface area (Å²) in [6.07, 6.45) is 0. The first-order chi connectivity index (χ1) is 12.5. The molecule has 3 heteroatoms. The van der Waals surface area contributed by atoms with Crippen molar-refractivity contribution in [3.05, 3.63) is 102 Å². The van der Waals surface area contributed by atoms with Crippen molar-refractivity contribution in [2.24, 2.45) is 0 Å². The Balaban J connectivity index is 1.89. The van der Waals surface area contributed by atoms with Gasteiger partial charge in [0.2, 0.25) is 0 Å². The molecule has 0 heterocycles. The number of nitrogens with zero attached hydrogens (tertiary/aromatic N) is 1. The SMILES string of the molecule is C=C1C(C)c2ccc(N(c3ccccc3)c3ccccc3)cc2C1(Cl)Cl. The molecular formula is C23H19Cl2N. The van der Waals surface area contributed by atoms with Crippen LogP contribution in [0, 0.1) is 0 Å². The van der Waals surface area contributed by atoms with Crippen LogP contribution < -0.4 is 4.90 Å². The van der Waals surface area contributed by atoms with E-state index in [2.05, 4.69) is 60.9 Å². The Labute approximate surface area is 164 Å². The summed E-state index contributed by atoms with van der Waals surface area (Å²) >= 11 is 13.3. The highest BCUT2D eigenvalue weighted by atomic mass is 35.5. The van der Waals surface area contributed by atoms with Gasteiger partial charge in [-0.3, -0.25) is 0 Å². The topological polar surface area (TPSA) is 3.24 Å². The Hall–Kier alpha value is -2.22. The number of hydrogen-bond donors (Lipinski definition) is 0. The Bertz CT molecular complexity index is 909. The van der Waals surface area contributed by atoms with E-state index in [0.29, 0.717) is 0 Å². The molecule has 0 saturated heterocycles. The zero-order chi connectivity index (χ0) is 18.3. The molecule has 0 N–H and O–H groups in total. The highest BCUT2D eigenvalue weighted by molar-refractivity contribution is 6.50. The van der Waals surface area contributed by atoms with E-state index in [1.165, 1.54) is 0 Å². The minimum Gasteiger partial charge on any atom is -0.310 e. The van der Waals surface area contributed by atoms with Gasteiger partial charge in [-0.05, 0) is 53.1 Å². The van der Waals surface area contributed by atoms with Crippen molar-refractivity contribution in [3.63, 3.8) is 0 Å². The largest absolute Gasteiger partial charge is 0.310 e. The molecule has 0 fully saturated rings. The molecule has 0 radical (unpaired) electrons. The molecule has 0 spiro atoms. The van der Waals surface area contributed by atoms with Crippen molar-refractivity contribution < 1.29 is 0 Å². The normalized spacial score (nSPS) is 17.8.